The first-order chi connectivity index (χ1) is 18.8. The Balaban J connectivity index is 0.00000287. The number of alkyl halides is 6. The maximum atomic E-state index is 14.0. The molecule has 1 amide bonds. The fraction of sp³-hybridized carbons (Fsp3) is 0.320. The van der Waals surface area contributed by atoms with Crippen molar-refractivity contribution in [2.24, 2.45) is 5.73 Å². The summed E-state index contributed by atoms with van der Waals surface area (Å²) in [4.78, 5) is 38.7. The fourth-order valence-corrected chi connectivity index (χ4v) is 3.21. The number of nitrogens with two attached hydrogens (primary N) is 1. The number of anilines is 1. The molecule has 3 rings (SSSR count). The second-order valence-corrected chi connectivity index (χ2v) is 9.07. The van der Waals surface area contributed by atoms with Crippen LogP contribution in [-0.4, -0.2) is 41.0 Å². The Bertz CT molecular complexity index is 1450. The van der Waals surface area contributed by atoms with Crippen molar-refractivity contribution in [1.82, 2.24) is 9.13 Å². The van der Waals surface area contributed by atoms with Crippen molar-refractivity contribution >= 4 is 17.9 Å². The lowest BCUT2D eigenvalue weighted by Gasteiger charge is -2.22. The van der Waals surface area contributed by atoms with E-state index in [0.717, 1.165) is 37.5 Å². The van der Waals surface area contributed by atoms with E-state index in [1.165, 1.54) is 27.8 Å². The van der Waals surface area contributed by atoms with Crippen LogP contribution in [0.1, 0.15) is 31.9 Å². The van der Waals surface area contributed by atoms with Crippen LogP contribution < -0.4 is 21.1 Å². The molecule has 41 heavy (non-hydrogen) atoms. The molecule has 0 fully saturated rings. The van der Waals surface area contributed by atoms with E-state index in [0.29, 0.717) is 15.7 Å². The summed E-state index contributed by atoms with van der Waals surface area (Å²) in [6.07, 6.45) is -12.1. The van der Waals surface area contributed by atoms with Crippen molar-refractivity contribution in [3.05, 3.63) is 76.2 Å². The molecule has 0 saturated carbocycles. The highest BCUT2D eigenvalue weighted by atomic mass is 19.4. The summed E-state index contributed by atoms with van der Waals surface area (Å²) >= 11 is 0. The van der Waals surface area contributed by atoms with Gasteiger partial charge in [-0.1, -0.05) is 0 Å². The molecule has 224 valence electrons. The molecule has 2 aromatic carbocycles. The first-order valence-electron chi connectivity index (χ1n) is 11.4. The molecule has 0 bridgehead atoms. The molecule has 16 heteroatoms. The van der Waals surface area contributed by atoms with E-state index >= 15 is 0 Å². The minimum Gasteiger partial charge on any atom is -0.443 e. The largest absolute Gasteiger partial charge is 0.443 e. The van der Waals surface area contributed by atoms with Crippen LogP contribution in [0, 0.1) is 5.82 Å². The van der Waals surface area contributed by atoms with E-state index < -0.39 is 64.2 Å². The Labute approximate surface area is 228 Å². The summed E-state index contributed by atoms with van der Waals surface area (Å²) in [6.45, 7) is 4.39. The van der Waals surface area contributed by atoms with Crippen molar-refractivity contribution in [1.29, 1.82) is 0 Å². The molecular formula is C25H25F7N4O5. The molecule has 1 heterocycles. The highest BCUT2D eigenvalue weighted by Gasteiger charge is 2.42. The van der Waals surface area contributed by atoms with Gasteiger partial charge in [0.1, 0.15) is 17.0 Å². The zero-order chi connectivity index (χ0) is 31.5. The zero-order valence-corrected chi connectivity index (χ0v) is 22.2. The summed E-state index contributed by atoms with van der Waals surface area (Å²) in [6, 6.07) is 3.97. The Morgan fingerprint density at radius 2 is 1.46 bits per heavy atom. The van der Waals surface area contributed by atoms with Crippen LogP contribution in [0.3, 0.4) is 0 Å². The first-order valence-corrected chi connectivity index (χ1v) is 11.4. The maximum Gasteiger partial charge on any atom is 0.422 e. The molecule has 9 nitrogen and oxygen atoms in total. The van der Waals surface area contributed by atoms with Crippen molar-refractivity contribution in [2.75, 3.05) is 19.0 Å². The third-order valence-corrected chi connectivity index (χ3v) is 5.01. The summed E-state index contributed by atoms with van der Waals surface area (Å²) in [5.74, 6) is -2.13. The molecule has 2 N–H and O–H groups in total. The van der Waals surface area contributed by atoms with Crippen molar-refractivity contribution in [3.63, 3.8) is 0 Å². The number of carbonyl (C=O) groups is 2. The first kappa shape index (κ1) is 32.9. The second-order valence-electron chi connectivity index (χ2n) is 9.07. The quantitative estimate of drug-likeness (QED) is 0.384. The molecule has 3 aromatic rings. The molecule has 0 aliphatic heterocycles. The molecule has 0 unspecified atom stereocenters. The molecule has 1 aromatic heterocycles. The summed E-state index contributed by atoms with van der Waals surface area (Å²) in [5, 5.41) is 0. The van der Waals surface area contributed by atoms with Crippen molar-refractivity contribution < 1.29 is 49.8 Å². The lowest BCUT2D eigenvalue weighted by Crippen LogP contribution is -2.34. The number of hydrogen-bond acceptors (Lipinski definition) is 6. The number of benzene rings is 2. The van der Waals surface area contributed by atoms with E-state index in [-0.39, 0.29) is 22.4 Å². The van der Waals surface area contributed by atoms with E-state index in [2.05, 4.69) is 5.73 Å². The smallest absolute Gasteiger partial charge is 0.422 e. The standard InChI is InChI=1S/C24H20F7N3O5.CH5N/c1-22(2,3)39-21(37)34-10-9-33(19(34)35)17-12-13(23(26,27)28)11-16(24(29,30)31)18(17)38-20(36)32(4)15-7-5-14(25)6-8-15;1-2/h5-12H,1-4H3;2H2,1H3. The van der Waals surface area contributed by atoms with Crippen LogP contribution in [0.2, 0.25) is 0 Å². The number of imidazole rings is 1. The van der Waals surface area contributed by atoms with E-state index in [9.17, 15) is 45.1 Å². The minimum atomic E-state index is -5.49. The second kappa shape index (κ2) is 12.0. The normalized spacial score (nSPS) is 11.8. The van der Waals surface area contributed by atoms with Crippen LogP contribution in [0.15, 0.2) is 53.6 Å². The van der Waals surface area contributed by atoms with Crippen molar-refractivity contribution in [2.45, 2.75) is 38.7 Å². The number of halogens is 7. The molecule has 0 saturated heterocycles. The Kier molecular flexibility index (Phi) is 9.65. The number of hydrogen-bond donors (Lipinski definition) is 1. The van der Waals surface area contributed by atoms with Crippen molar-refractivity contribution in [3.8, 4) is 11.4 Å². The van der Waals surface area contributed by atoms with E-state index in [1.807, 2.05) is 0 Å². The average Bonchev–Trinajstić information content (AvgIpc) is 3.24. The topological polar surface area (TPSA) is 109 Å². The van der Waals surface area contributed by atoms with Gasteiger partial charge in [0.25, 0.3) is 0 Å². The Hall–Kier alpha value is -4.34. The highest BCUT2D eigenvalue weighted by Crippen LogP contribution is 2.44. The summed E-state index contributed by atoms with van der Waals surface area (Å²) < 4.78 is 106. The summed E-state index contributed by atoms with van der Waals surface area (Å²) in [5.41, 5.74) is -2.99. The molecule has 0 atom stereocenters. The van der Waals surface area contributed by atoms with Gasteiger partial charge in [-0.2, -0.15) is 26.3 Å². The van der Waals surface area contributed by atoms with Gasteiger partial charge < -0.3 is 15.2 Å². The molecule has 0 aliphatic carbocycles. The number of amides is 1. The average molecular weight is 594 g/mol. The van der Waals surface area contributed by atoms with E-state index in [1.54, 1.807) is 0 Å². The van der Waals surface area contributed by atoms with Gasteiger partial charge in [-0.05, 0) is 64.2 Å². The molecule has 0 radical (unpaired) electrons. The molecular weight excluding hydrogens is 569 g/mol. The number of carbonyl (C=O) groups excluding carboxylic acids is 2. The Morgan fingerprint density at radius 1 is 0.902 bits per heavy atom. The minimum absolute atomic E-state index is 0.0309. The SMILES string of the molecule is CN.CN(C(=O)Oc1c(-n2ccn(C(=O)OC(C)(C)C)c2=O)cc(C(F)(F)F)cc1C(F)(F)F)c1ccc(F)cc1. The van der Waals surface area contributed by atoms with Crippen LogP contribution in [-0.2, 0) is 17.1 Å². The number of ether oxygens (including phenoxy) is 2. The predicted octanol–water partition coefficient (Wildman–Crippen LogP) is 5.81. The number of aromatic nitrogens is 2. The van der Waals surface area contributed by atoms with Crippen LogP contribution >= 0.6 is 0 Å². The fourth-order valence-electron chi connectivity index (χ4n) is 3.21. The Morgan fingerprint density at radius 3 is 1.95 bits per heavy atom. The van der Waals surface area contributed by atoms with Gasteiger partial charge in [0.2, 0.25) is 0 Å². The lowest BCUT2D eigenvalue weighted by molar-refractivity contribution is -0.143. The highest BCUT2D eigenvalue weighted by molar-refractivity contribution is 5.89. The van der Waals surface area contributed by atoms with Gasteiger partial charge in [0.15, 0.2) is 5.75 Å². The monoisotopic (exact) mass is 594 g/mol. The van der Waals surface area contributed by atoms with Gasteiger partial charge >= 0.3 is 30.2 Å². The van der Waals surface area contributed by atoms with Gasteiger partial charge in [-0.15, -0.1) is 0 Å². The summed E-state index contributed by atoms with van der Waals surface area (Å²) in [7, 11) is 2.55. The van der Waals surface area contributed by atoms with Crippen LogP contribution in [0.4, 0.5) is 46.0 Å². The number of nitrogens with zero attached hydrogens (tertiary/aromatic N) is 3. The third kappa shape index (κ3) is 7.87. The van der Waals surface area contributed by atoms with Gasteiger partial charge in [-0.25, -0.2) is 23.3 Å². The van der Waals surface area contributed by atoms with Gasteiger partial charge in [-0.3, -0.25) is 9.47 Å². The number of rotatable bonds is 3. The van der Waals surface area contributed by atoms with Crippen LogP contribution in [0.5, 0.6) is 5.75 Å². The predicted molar refractivity (Wildman–Crippen MR) is 133 cm³/mol. The maximum absolute atomic E-state index is 14.0. The van der Waals surface area contributed by atoms with Crippen LogP contribution in [0.25, 0.3) is 5.69 Å². The third-order valence-electron chi connectivity index (χ3n) is 5.01. The van der Waals surface area contributed by atoms with Gasteiger partial charge in [0.05, 0.1) is 11.3 Å². The van der Waals surface area contributed by atoms with E-state index in [4.69, 9.17) is 9.47 Å². The zero-order valence-electron chi connectivity index (χ0n) is 22.2. The molecule has 0 aliphatic rings. The lowest BCUT2D eigenvalue weighted by atomic mass is 10.1. The molecule has 0 spiro atoms. The van der Waals surface area contributed by atoms with Gasteiger partial charge in [0, 0.05) is 25.1 Å².